The van der Waals surface area contributed by atoms with Crippen molar-refractivity contribution in [2.24, 2.45) is 0 Å². The van der Waals surface area contributed by atoms with Crippen molar-refractivity contribution in [3.05, 3.63) is 78.4 Å². The van der Waals surface area contributed by atoms with Gasteiger partial charge in [0, 0.05) is 37.5 Å². The Morgan fingerprint density at radius 1 is 1.00 bits per heavy atom. The molecule has 36 heavy (non-hydrogen) atoms. The van der Waals surface area contributed by atoms with Gasteiger partial charge in [-0.15, -0.1) is 0 Å². The SMILES string of the molecule is CCCn1c(NC(=O)c2cccc(NS(=O)(=O)c3ccccc3)c2)nc2ccc(N(C)C(C)=O)cc21. The van der Waals surface area contributed by atoms with Crippen LogP contribution in [0.2, 0.25) is 0 Å². The summed E-state index contributed by atoms with van der Waals surface area (Å²) >= 11 is 0. The quantitative estimate of drug-likeness (QED) is 0.367. The van der Waals surface area contributed by atoms with Crippen LogP contribution < -0.4 is 14.9 Å². The average Bonchev–Trinajstić information content (AvgIpc) is 3.20. The number of aryl methyl sites for hydroxylation is 1. The van der Waals surface area contributed by atoms with Gasteiger partial charge in [-0.3, -0.25) is 19.6 Å². The maximum atomic E-state index is 13.1. The van der Waals surface area contributed by atoms with Gasteiger partial charge in [-0.1, -0.05) is 31.2 Å². The molecule has 0 radical (unpaired) electrons. The highest BCUT2D eigenvalue weighted by atomic mass is 32.2. The zero-order valence-corrected chi connectivity index (χ0v) is 21.0. The highest BCUT2D eigenvalue weighted by Crippen LogP contribution is 2.26. The van der Waals surface area contributed by atoms with Crippen molar-refractivity contribution in [1.82, 2.24) is 9.55 Å². The summed E-state index contributed by atoms with van der Waals surface area (Å²) in [5.74, 6) is -0.147. The number of rotatable bonds is 8. The zero-order valence-electron chi connectivity index (χ0n) is 20.2. The highest BCUT2D eigenvalue weighted by Gasteiger charge is 2.18. The number of carbonyl (C=O) groups excluding carboxylic acids is 2. The molecule has 0 saturated heterocycles. The van der Waals surface area contributed by atoms with Crippen LogP contribution in [0.4, 0.5) is 17.3 Å². The first-order valence-corrected chi connectivity index (χ1v) is 12.9. The predicted octanol–water partition coefficient (Wildman–Crippen LogP) is 4.48. The molecule has 9 nitrogen and oxygen atoms in total. The van der Waals surface area contributed by atoms with Crippen LogP contribution in [0.25, 0.3) is 11.0 Å². The molecule has 0 saturated carbocycles. The third kappa shape index (κ3) is 5.23. The van der Waals surface area contributed by atoms with Gasteiger partial charge in [0.1, 0.15) is 0 Å². The Hall–Kier alpha value is -4.18. The molecule has 0 atom stereocenters. The van der Waals surface area contributed by atoms with Gasteiger partial charge in [-0.05, 0) is 55.0 Å². The zero-order chi connectivity index (χ0) is 25.9. The molecule has 4 rings (SSSR count). The van der Waals surface area contributed by atoms with Gasteiger partial charge in [0.2, 0.25) is 11.9 Å². The Labute approximate surface area is 209 Å². The van der Waals surface area contributed by atoms with Gasteiger partial charge in [-0.2, -0.15) is 0 Å². The van der Waals surface area contributed by atoms with E-state index in [0.29, 0.717) is 18.0 Å². The number of aromatic nitrogens is 2. The molecule has 0 aliphatic rings. The van der Waals surface area contributed by atoms with Gasteiger partial charge >= 0.3 is 0 Å². The molecule has 0 bridgehead atoms. The molecular formula is C26H27N5O4S. The topological polar surface area (TPSA) is 113 Å². The van der Waals surface area contributed by atoms with Crippen molar-refractivity contribution in [2.45, 2.75) is 31.7 Å². The number of anilines is 3. The highest BCUT2D eigenvalue weighted by molar-refractivity contribution is 7.92. The smallest absolute Gasteiger partial charge is 0.261 e. The van der Waals surface area contributed by atoms with Crippen molar-refractivity contribution in [3.63, 3.8) is 0 Å². The summed E-state index contributed by atoms with van der Waals surface area (Å²) in [6, 6.07) is 19.8. The minimum absolute atomic E-state index is 0.0906. The Bertz CT molecular complexity index is 1530. The van der Waals surface area contributed by atoms with Gasteiger partial charge in [0.25, 0.3) is 15.9 Å². The van der Waals surface area contributed by atoms with Crippen molar-refractivity contribution >= 4 is 50.2 Å². The van der Waals surface area contributed by atoms with Gasteiger partial charge in [0.05, 0.1) is 15.9 Å². The largest absolute Gasteiger partial charge is 0.316 e. The summed E-state index contributed by atoms with van der Waals surface area (Å²) in [6.07, 6.45) is 0.803. The molecule has 2 N–H and O–H groups in total. The molecule has 1 aromatic heterocycles. The van der Waals surface area contributed by atoms with Crippen LogP contribution in [0.3, 0.4) is 0 Å². The number of sulfonamides is 1. The fourth-order valence-electron chi connectivity index (χ4n) is 3.76. The molecule has 1 heterocycles. The Morgan fingerprint density at radius 2 is 1.75 bits per heavy atom. The van der Waals surface area contributed by atoms with Crippen LogP contribution in [0.15, 0.2) is 77.7 Å². The lowest BCUT2D eigenvalue weighted by molar-refractivity contribution is -0.116. The Kier molecular flexibility index (Phi) is 7.07. The van der Waals surface area contributed by atoms with E-state index < -0.39 is 15.9 Å². The molecule has 2 amide bonds. The van der Waals surface area contributed by atoms with Crippen molar-refractivity contribution < 1.29 is 18.0 Å². The van der Waals surface area contributed by atoms with E-state index >= 15 is 0 Å². The van der Waals surface area contributed by atoms with Crippen molar-refractivity contribution in [3.8, 4) is 0 Å². The van der Waals surface area contributed by atoms with E-state index in [-0.39, 0.29) is 22.1 Å². The van der Waals surface area contributed by atoms with Crippen molar-refractivity contribution in [1.29, 1.82) is 0 Å². The first-order valence-electron chi connectivity index (χ1n) is 11.4. The monoisotopic (exact) mass is 505 g/mol. The number of nitrogens with zero attached hydrogens (tertiary/aromatic N) is 3. The number of imidazole rings is 1. The summed E-state index contributed by atoms with van der Waals surface area (Å²) < 4.78 is 29.7. The lowest BCUT2D eigenvalue weighted by Crippen LogP contribution is -2.22. The number of fused-ring (bicyclic) bond motifs is 1. The van der Waals surface area contributed by atoms with Gasteiger partial charge < -0.3 is 9.47 Å². The Morgan fingerprint density at radius 3 is 2.44 bits per heavy atom. The molecule has 3 aromatic carbocycles. The predicted molar refractivity (Wildman–Crippen MR) is 141 cm³/mol. The average molecular weight is 506 g/mol. The van der Waals surface area contributed by atoms with Crippen LogP contribution in [0.5, 0.6) is 0 Å². The lowest BCUT2D eigenvalue weighted by Gasteiger charge is -2.15. The Balaban J connectivity index is 1.61. The maximum absolute atomic E-state index is 13.1. The van der Waals surface area contributed by atoms with E-state index in [9.17, 15) is 18.0 Å². The summed E-state index contributed by atoms with van der Waals surface area (Å²) in [7, 11) is -2.09. The molecule has 0 spiro atoms. The minimum atomic E-state index is -3.79. The summed E-state index contributed by atoms with van der Waals surface area (Å²) in [4.78, 5) is 31.2. The number of hydrogen-bond donors (Lipinski definition) is 2. The standard InChI is InChI=1S/C26H27N5O4S/c1-4-15-31-24-17-21(30(3)18(2)32)13-14-23(24)27-26(31)28-25(33)19-9-8-10-20(16-19)29-36(34,35)22-11-6-5-7-12-22/h5-14,16-17,29H,4,15H2,1-3H3,(H,27,28,33). The minimum Gasteiger partial charge on any atom is -0.316 e. The second kappa shape index (κ2) is 10.2. The summed E-state index contributed by atoms with van der Waals surface area (Å²) in [5, 5.41) is 2.85. The number of benzene rings is 3. The number of carbonyl (C=O) groups is 2. The van der Waals surface area contributed by atoms with Crippen LogP contribution in [-0.4, -0.2) is 36.8 Å². The third-order valence-electron chi connectivity index (χ3n) is 5.69. The van der Waals surface area contributed by atoms with E-state index in [1.165, 1.54) is 25.1 Å². The van der Waals surface area contributed by atoms with Gasteiger partial charge in [0.15, 0.2) is 0 Å². The number of amides is 2. The molecule has 0 fully saturated rings. The summed E-state index contributed by atoms with van der Waals surface area (Å²) in [5.41, 5.74) is 2.75. The van der Waals surface area contributed by atoms with Crippen LogP contribution >= 0.6 is 0 Å². The number of hydrogen-bond acceptors (Lipinski definition) is 5. The van der Waals surface area contributed by atoms with E-state index in [0.717, 1.165) is 17.6 Å². The van der Waals surface area contributed by atoms with Crippen molar-refractivity contribution in [2.75, 3.05) is 22.0 Å². The molecule has 0 unspecified atom stereocenters. The van der Waals surface area contributed by atoms with Crippen LogP contribution in [0.1, 0.15) is 30.6 Å². The van der Waals surface area contributed by atoms with E-state index in [4.69, 9.17) is 0 Å². The molecular weight excluding hydrogens is 478 g/mol. The normalized spacial score (nSPS) is 11.3. The molecule has 0 aliphatic heterocycles. The maximum Gasteiger partial charge on any atom is 0.261 e. The molecule has 186 valence electrons. The fourth-order valence-corrected chi connectivity index (χ4v) is 4.83. The molecule has 0 aliphatic carbocycles. The fraction of sp³-hybridized carbons (Fsp3) is 0.192. The van der Waals surface area contributed by atoms with Crippen LogP contribution in [-0.2, 0) is 21.4 Å². The molecule has 10 heteroatoms. The number of nitrogens with one attached hydrogen (secondary N) is 2. The first-order chi connectivity index (χ1) is 17.2. The first kappa shape index (κ1) is 24.9. The van der Waals surface area contributed by atoms with E-state index in [1.54, 1.807) is 54.4 Å². The van der Waals surface area contributed by atoms with Gasteiger partial charge in [-0.25, -0.2) is 13.4 Å². The lowest BCUT2D eigenvalue weighted by atomic mass is 10.2. The second-order valence-corrected chi connectivity index (χ2v) is 9.97. The second-order valence-electron chi connectivity index (χ2n) is 8.29. The van der Waals surface area contributed by atoms with E-state index in [1.807, 2.05) is 23.6 Å². The molecule has 4 aromatic rings. The van der Waals surface area contributed by atoms with Crippen LogP contribution in [0, 0.1) is 0 Å². The summed E-state index contributed by atoms with van der Waals surface area (Å²) in [6.45, 7) is 4.12. The van der Waals surface area contributed by atoms with E-state index in [2.05, 4.69) is 15.0 Å². The third-order valence-corrected chi connectivity index (χ3v) is 7.09.